The van der Waals surface area contributed by atoms with E-state index in [2.05, 4.69) is 4.98 Å². The lowest BCUT2D eigenvalue weighted by Gasteiger charge is -2.22. The lowest BCUT2D eigenvalue weighted by Crippen LogP contribution is -2.30. The number of para-hydroxylation sites is 1. The number of nitrogens with zero attached hydrogens (tertiary/aromatic N) is 2. The number of rotatable bonds is 7. The lowest BCUT2D eigenvalue weighted by atomic mass is 10.1. The van der Waals surface area contributed by atoms with Crippen LogP contribution in [0.15, 0.2) is 71.1 Å². The normalized spacial score (nSPS) is 10.8. The Bertz CT molecular complexity index is 1200. The number of hydrogen-bond donors (Lipinski definition) is 0. The molecule has 0 saturated heterocycles. The number of carbonyl (C=O) groups excluding carboxylic acids is 1. The van der Waals surface area contributed by atoms with E-state index in [1.165, 1.54) is 0 Å². The summed E-state index contributed by atoms with van der Waals surface area (Å²) >= 11 is 0. The van der Waals surface area contributed by atoms with Crippen molar-refractivity contribution in [1.82, 2.24) is 9.88 Å². The number of benzene rings is 3. The summed E-state index contributed by atoms with van der Waals surface area (Å²) in [6.45, 7) is 2.63. The minimum Gasteiger partial charge on any atom is -0.497 e. The molecule has 1 amide bonds. The van der Waals surface area contributed by atoms with Gasteiger partial charge < -0.3 is 18.8 Å². The Morgan fingerprint density at radius 2 is 1.74 bits per heavy atom. The van der Waals surface area contributed by atoms with Gasteiger partial charge in [0.05, 0.1) is 26.3 Å². The van der Waals surface area contributed by atoms with Gasteiger partial charge in [0.15, 0.2) is 5.58 Å². The standard InChI is InChI=1S/C25H24N2O4/c1-17-8-13-23-21(14-17)26-24(31-23)16-27(15-18-9-11-19(29-2)12-10-18)25(28)20-6-4-5-7-22(20)30-3/h4-14H,15-16H2,1-3H3. The van der Waals surface area contributed by atoms with Crippen molar-refractivity contribution in [2.75, 3.05) is 14.2 Å². The molecule has 0 spiro atoms. The Labute approximate surface area is 181 Å². The van der Waals surface area contributed by atoms with E-state index < -0.39 is 0 Å². The number of oxazole rings is 1. The first kappa shape index (κ1) is 20.5. The van der Waals surface area contributed by atoms with Gasteiger partial charge in [0.2, 0.25) is 5.89 Å². The van der Waals surface area contributed by atoms with Crippen molar-refractivity contribution in [2.45, 2.75) is 20.0 Å². The van der Waals surface area contributed by atoms with Crippen LogP contribution in [-0.4, -0.2) is 30.0 Å². The molecule has 4 rings (SSSR count). The van der Waals surface area contributed by atoms with Gasteiger partial charge in [-0.1, -0.05) is 30.3 Å². The molecule has 0 fully saturated rings. The van der Waals surface area contributed by atoms with E-state index in [-0.39, 0.29) is 12.5 Å². The lowest BCUT2D eigenvalue weighted by molar-refractivity contribution is 0.0712. The first-order chi connectivity index (χ1) is 15.1. The smallest absolute Gasteiger partial charge is 0.258 e. The maximum Gasteiger partial charge on any atom is 0.258 e. The van der Waals surface area contributed by atoms with Crippen LogP contribution in [-0.2, 0) is 13.1 Å². The van der Waals surface area contributed by atoms with Crippen molar-refractivity contribution in [2.24, 2.45) is 0 Å². The fourth-order valence-electron chi connectivity index (χ4n) is 3.46. The Kier molecular flexibility index (Phi) is 5.89. The van der Waals surface area contributed by atoms with Crippen LogP contribution in [0.25, 0.3) is 11.1 Å². The average Bonchev–Trinajstić information content (AvgIpc) is 3.20. The molecule has 3 aromatic carbocycles. The molecule has 4 aromatic rings. The maximum absolute atomic E-state index is 13.5. The largest absolute Gasteiger partial charge is 0.497 e. The van der Waals surface area contributed by atoms with Crippen molar-refractivity contribution in [3.05, 3.63) is 89.3 Å². The number of methoxy groups -OCH3 is 2. The molecule has 1 heterocycles. The molecule has 0 aliphatic heterocycles. The van der Waals surface area contributed by atoms with Gasteiger partial charge >= 0.3 is 0 Å². The fraction of sp³-hybridized carbons (Fsp3) is 0.200. The van der Waals surface area contributed by atoms with Crippen LogP contribution in [0.2, 0.25) is 0 Å². The number of hydrogen-bond acceptors (Lipinski definition) is 5. The number of fused-ring (bicyclic) bond motifs is 1. The molecule has 0 unspecified atom stereocenters. The number of aromatic nitrogens is 1. The zero-order valence-corrected chi connectivity index (χ0v) is 17.8. The highest BCUT2D eigenvalue weighted by Gasteiger charge is 2.22. The molecule has 1 aromatic heterocycles. The fourth-order valence-corrected chi connectivity index (χ4v) is 3.46. The van der Waals surface area contributed by atoms with Gasteiger partial charge in [-0.3, -0.25) is 4.79 Å². The van der Waals surface area contributed by atoms with E-state index in [0.29, 0.717) is 29.3 Å². The zero-order valence-electron chi connectivity index (χ0n) is 17.8. The van der Waals surface area contributed by atoms with Crippen LogP contribution in [0, 0.1) is 6.92 Å². The van der Waals surface area contributed by atoms with Crippen LogP contribution in [0.1, 0.15) is 27.4 Å². The monoisotopic (exact) mass is 416 g/mol. The summed E-state index contributed by atoms with van der Waals surface area (Å²) in [5.41, 5.74) is 4.05. The number of amides is 1. The molecule has 0 saturated carbocycles. The van der Waals surface area contributed by atoms with Crippen LogP contribution in [0.4, 0.5) is 0 Å². The van der Waals surface area contributed by atoms with E-state index in [4.69, 9.17) is 13.9 Å². The van der Waals surface area contributed by atoms with E-state index in [9.17, 15) is 4.79 Å². The van der Waals surface area contributed by atoms with E-state index in [0.717, 1.165) is 22.4 Å². The minimum atomic E-state index is -0.160. The van der Waals surface area contributed by atoms with Crippen LogP contribution >= 0.6 is 0 Å². The predicted octanol–water partition coefficient (Wildman–Crippen LogP) is 5.00. The Morgan fingerprint density at radius 3 is 2.48 bits per heavy atom. The van der Waals surface area contributed by atoms with Gasteiger partial charge in [0.25, 0.3) is 5.91 Å². The van der Waals surface area contributed by atoms with Gasteiger partial charge in [-0.15, -0.1) is 0 Å². The summed E-state index contributed by atoms with van der Waals surface area (Å²) in [7, 11) is 3.19. The quantitative estimate of drug-likeness (QED) is 0.424. The van der Waals surface area contributed by atoms with Gasteiger partial charge in [0.1, 0.15) is 17.0 Å². The van der Waals surface area contributed by atoms with E-state index in [1.54, 1.807) is 31.3 Å². The van der Waals surface area contributed by atoms with Crippen molar-refractivity contribution >= 4 is 17.0 Å². The van der Waals surface area contributed by atoms with Gasteiger partial charge in [0, 0.05) is 6.54 Å². The summed E-state index contributed by atoms with van der Waals surface area (Å²) < 4.78 is 16.6. The zero-order chi connectivity index (χ0) is 21.8. The second-order valence-electron chi connectivity index (χ2n) is 7.29. The Morgan fingerprint density at radius 1 is 0.968 bits per heavy atom. The molecule has 0 atom stereocenters. The molecule has 0 radical (unpaired) electrons. The third-order valence-corrected chi connectivity index (χ3v) is 5.07. The molecule has 6 nitrogen and oxygen atoms in total. The second-order valence-corrected chi connectivity index (χ2v) is 7.29. The molecule has 6 heteroatoms. The molecule has 158 valence electrons. The average molecular weight is 416 g/mol. The summed E-state index contributed by atoms with van der Waals surface area (Å²) in [6, 6.07) is 20.7. The van der Waals surface area contributed by atoms with Gasteiger partial charge in [-0.25, -0.2) is 4.98 Å². The summed E-state index contributed by atoms with van der Waals surface area (Å²) in [6.07, 6.45) is 0. The molecule has 0 N–H and O–H groups in total. The Hall–Kier alpha value is -3.80. The van der Waals surface area contributed by atoms with Gasteiger partial charge in [-0.2, -0.15) is 0 Å². The first-order valence-corrected chi connectivity index (χ1v) is 9.98. The number of ether oxygens (including phenoxy) is 2. The highest BCUT2D eigenvalue weighted by molar-refractivity contribution is 5.96. The first-order valence-electron chi connectivity index (χ1n) is 9.98. The highest BCUT2D eigenvalue weighted by Crippen LogP contribution is 2.24. The summed E-state index contributed by atoms with van der Waals surface area (Å²) in [4.78, 5) is 19.8. The molecule has 31 heavy (non-hydrogen) atoms. The van der Waals surface area contributed by atoms with Crippen LogP contribution in [0.3, 0.4) is 0 Å². The molecular weight excluding hydrogens is 392 g/mol. The number of aryl methyl sites for hydroxylation is 1. The van der Waals surface area contributed by atoms with Crippen molar-refractivity contribution < 1.29 is 18.7 Å². The SMILES string of the molecule is COc1ccc(CN(Cc2nc3cc(C)ccc3o2)C(=O)c2ccccc2OC)cc1. The molecule has 0 aliphatic rings. The van der Waals surface area contributed by atoms with E-state index >= 15 is 0 Å². The summed E-state index contributed by atoms with van der Waals surface area (Å²) in [5.74, 6) is 1.62. The van der Waals surface area contributed by atoms with Crippen molar-refractivity contribution in [1.29, 1.82) is 0 Å². The minimum absolute atomic E-state index is 0.160. The van der Waals surface area contributed by atoms with Gasteiger partial charge in [-0.05, 0) is 54.4 Å². The van der Waals surface area contributed by atoms with Crippen LogP contribution in [0.5, 0.6) is 11.5 Å². The van der Waals surface area contributed by atoms with Crippen molar-refractivity contribution in [3.63, 3.8) is 0 Å². The molecule has 0 aliphatic carbocycles. The third kappa shape index (κ3) is 4.53. The second kappa shape index (κ2) is 8.92. The topological polar surface area (TPSA) is 64.8 Å². The number of carbonyl (C=O) groups is 1. The highest BCUT2D eigenvalue weighted by atomic mass is 16.5. The van der Waals surface area contributed by atoms with E-state index in [1.807, 2.05) is 61.5 Å². The molecule has 0 bridgehead atoms. The molecular formula is C25H24N2O4. The Balaban J connectivity index is 1.67. The summed E-state index contributed by atoms with van der Waals surface area (Å²) in [5, 5.41) is 0. The predicted molar refractivity (Wildman–Crippen MR) is 118 cm³/mol. The third-order valence-electron chi connectivity index (χ3n) is 5.07. The van der Waals surface area contributed by atoms with Crippen LogP contribution < -0.4 is 9.47 Å². The maximum atomic E-state index is 13.5. The van der Waals surface area contributed by atoms with Crippen molar-refractivity contribution in [3.8, 4) is 11.5 Å².